The molecule has 2 aromatic heterocycles. The number of carbonyl (C=O) groups excluding carboxylic acids is 1. The van der Waals surface area contributed by atoms with Crippen LogP contribution in [0.2, 0.25) is 0 Å². The number of amides is 1. The van der Waals surface area contributed by atoms with Crippen LogP contribution in [0.1, 0.15) is 28.8 Å². The van der Waals surface area contributed by atoms with Crippen molar-refractivity contribution in [2.75, 3.05) is 12.4 Å². The standard InChI is InChI=1S/C16H18N4O2/c1-22-15-7-2-11(9-19-15)8-17-14-6-3-12(10-18-14)16(21)20-13-4-5-13/h2-3,6-7,9-10,13H,4-5,8H2,1H3,(H,17,18)(H,20,21). The van der Waals surface area contributed by atoms with Crippen molar-refractivity contribution in [1.29, 1.82) is 0 Å². The van der Waals surface area contributed by atoms with Crippen molar-refractivity contribution in [1.82, 2.24) is 15.3 Å². The van der Waals surface area contributed by atoms with E-state index >= 15 is 0 Å². The number of ether oxygens (including phenoxy) is 1. The molecule has 1 aliphatic rings. The Hall–Kier alpha value is -2.63. The van der Waals surface area contributed by atoms with Crippen LogP contribution in [-0.2, 0) is 6.54 Å². The van der Waals surface area contributed by atoms with Crippen LogP contribution in [-0.4, -0.2) is 29.0 Å². The van der Waals surface area contributed by atoms with Gasteiger partial charge < -0.3 is 15.4 Å². The predicted octanol–water partition coefficient (Wildman–Crippen LogP) is 1.99. The second-order valence-corrected chi connectivity index (χ2v) is 5.24. The van der Waals surface area contributed by atoms with Gasteiger partial charge in [0, 0.05) is 31.0 Å². The van der Waals surface area contributed by atoms with E-state index in [-0.39, 0.29) is 5.91 Å². The Morgan fingerprint density at radius 2 is 2.09 bits per heavy atom. The predicted molar refractivity (Wildman–Crippen MR) is 82.8 cm³/mol. The van der Waals surface area contributed by atoms with E-state index in [1.165, 1.54) is 0 Å². The summed E-state index contributed by atoms with van der Waals surface area (Å²) in [6.45, 7) is 0.609. The summed E-state index contributed by atoms with van der Waals surface area (Å²) >= 11 is 0. The lowest BCUT2D eigenvalue weighted by Gasteiger charge is -2.07. The molecule has 0 atom stereocenters. The van der Waals surface area contributed by atoms with Gasteiger partial charge in [-0.15, -0.1) is 0 Å². The molecule has 114 valence electrons. The molecule has 1 amide bonds. The Bertz CT molecular complexity index is 636. The third-order valence-electron chi connectivity index (χ3n) is 3.42. The Morgan fingerprint density at radius 1 is 1.23 bits per heavy atom. The van der Waals surface area contributed by atoms with Gasteiger partial charge in [0.15, 0.2) is 0 Å². The smallest absolute Gasteiger partial charge is 0.253 e. The van der Waals surface area contributed by atoms with E-state index in [2.05, 4.69) is 20.6 Å². The SMILES string of the molecule is COc1ccc(CNc2ccc(C(=O)NC3CC3)cn2)cn1. The molecule has 0 aliphatic heterocycles. The van der Waals surface area contributed by atoms with Crippen LogP contribution in [0.25, 0.3) is 0 Å². The summed E-state index contributed by atoms with van der Waals surface area (Å²) in [6, 6.07) is 7.69. The summed E-state index contributed by atoms with van der Waals surface area (Å²) < 4.78 is 5.02. The number of hydrogen-bond acceptors (Lipinski definition) is 5. The topological polar surface area (TPSA) is 76.1 Å². The molecule has 0 radical (unpaired) electrons. The third-order valence-corrected chi connectivity index (χ3v) is 3.42. The lowest BCUT2D eigenvalue weighted by Crippen LogP contribution is -2.25. The Balaban J connectivity index is 1.54. The minimum Gasteiger partial charge on any atom is -0.481 e. The minimum absolute atomic E-state index is 0.0547. The molecular formula is C16H18N4O2. The fourth-order valence-electron chi connectivity index (χ4n) is 1.96. The van der Waals surface area contributed by atoms with Gasteiger partial charge in [0.1, 0.15) is 5.82 Å². The summed E-state index contributed by atoms with van der Waals surface area (Å²) in [5, 5.41) is 6.13. The molecule has 3 rings (SSSR count). The zero-order valence-corrected chi connectivity index (χ0v) is 12.4. The Morgan fingerprint density at radius 3 is 2.68 bits per heavy atom. The van der Waals surface area contributed by atoms with E-state index in [1.807, 2.05) is 12.1 Å². The second kappa shape index (κ2) is 6.43. The van der Waals surface area contributed by atoms with Crippen LogP contribution in [0.5, 0.6) is 5.88 Å². The maximum absolute atomic E-state index is 11.9. The molecule has 1 fully saturated rings. The van der Waals surface area contributed by atoms with Crippen molar-refractivity contribution >= 4 is 11.7 Å². The van der Waals surface area contributed by atoms with Crippen LogP contribution >= 0.6 is 0 Å². The molecule has 6 heteroatoms. The van der Waals surface area contributed by atoms with Crippen LogP contribution < -0.4 is 15.4 Å². The number of pyridine rings is 2. The van der Waals surface area contributed by atoms with Crippen molar-refractivity contribution in [2.45, 2.75) is 25.4 Å². The lowest BCUT2D eigenvalue weighted by atomic mass is 10.2. The quantitative estimate of drug-likeness (QED) is 0.853. The Labute approximate surface area is 128 Å². The van der Waals surface area contributed by atoms with E-state index in [9.17, 15) is 4.79 Å². The van der Waals surface area contributed by atoms with Crippen molar-refractivity contribution in [3.05, 3.63) is 47.8 Å². The van der Waals surface area contributed by atoms with Gasteiger partial charge >= 0.3 is 0 Å². The molecule has 0 saturated heterocycles. The van der Waals surface area contributed by atoms with E-state index in [4.69, 9.17) is 4.74 Å². The van der Waals surface area contributed by atoms with Crippen molar-refractivity contribution in [3.8, 4) is 5.88 Å². The average Bonchev–Trinajstić information content (AvgIpc) is 3.38. The molecule has 2 heterocycles. The monoisotopic (exact) mass is 298 g/mol. The van der Waals surface area contributed by atoms with E-state index in [0.717, 1.165) is 24.2 Å². The van der Waals surface area contributed by atoms with Crippen molar-refractivity contribution in [2.24, 2.45) is 0 Å². The molecule has 0 bridgehead atoms. The largest absolute Gasteiger partial charge is 0.481 e. The minimum atomic E-state index is -0.0547. The summed E-state index contributed by atoms with van der Waals surface area (Å²) in [5.74, 6) is 1.26. The summed E-state index contributed by atoms with van der Waals surface area (Å²) in [5.41, 5.74) is 1.61. The molecule has 2 aromatic rings. The van der Waals surface area contributed by atoms with E-state index in [1.54, 1.807) is 31.6 Å². The van der Waals surface area contributed by atoms with Crippen LogP contribution in [0.3, 0.4) is 0 Å². The molecule has 22 heavy (non-hydrogen) atoms. The zero-order valence-electron chi connectivity index (χ0n) is 12.4. The molecule has 0 spiro atoms. The summed E-state index contributed by atoms with van der Waals surface area (Å²) in [4.78, 5) is 20.3. The second-order valence-electron chi connectivity index (χ2n) is 5.24. The molecule has 0 unspecified atom stereocenters. The van der Waals surface area contributed by atoms with Gasteiger partial charge in [0.2, 0.25) is 5.88 Å². The highest BCUT2D eigenvalue weighted by molar-refractivity contribution is 5.94. The first-order chi connectivity index (χ1) is 10.7. The van der Waals surface area contributed by atoms with Gasteiger partial charge in [0.25, 0.3) is 5.91 Å². The highest BCUT2D eigenvalue weighted by atomic mass is 16.5. The number of aromatic nitrogens is 2. The number of nitrogens with one attached hydrogen (secondary N) is 2. The van der Waals surface area contributed by atoms with Gasteiger partial charge in [0.05, 0.1) is 12.7 Å². The van der Waals surface area contributed by atoms with Crippen LogP contribution in [0.15, 0.2) is 36.7 Å². The molecule has 1 saturated carbocycles. The number of carbonyl (C=O) groups is 1. The molecule has 2 N–H and O–H groups in total. The molecule has 1 aliphatic carbocycles. The number of hydrogen-bond donors (Lipinski definition) is 2. The van der Waals surface area contributed by atoms with Gasteiger partial charge in [-0.2, -0.15) is 0 Å². The third kappa shape index (κ3) is 3.72. The summed E-state index contributed by atoms with van der Waals surface area (Å²) in [7, 11) is 1.59. The average molecular weight is 298 g/mol. The van der Waals surface area contributed by atoms with Gasteiger partial charge in [-0.1, -0.05) is 6.07 Å². The lowest BCUT2D eigenvalue weighted by molar-refractivity contribution is 0.0951. The highest BCUT2D eigenvalue weighted by Crippen LogP contribution is 2.19. The van der Waals surface area contributed by atoms with Crippen molar-refractivity contribution < 1.29 is 9.53 Å². The van der Waals surface area contributed by atoms with Gasteiger partial charge in [-0.3, -0.25) is 4.79 Å². The van der Waals surface area contributed by atoms with Gasteiger partial charge in [-0.25, -0.2) is 9.97 Å². The molecular weight excluding hydrogens is 280 g/mol. The zero-order chi connectivity index (χ0) is 15.4. The first-order valence-electron chi connectivity index (χ1n) is 7.24. The fraction of sp³-hybridized carbons (Fsp3) is 0.312. The maximum Gasteiger partial charge on any atom is 0.253 e. The molecule has 6 nitrogen and oxygen atoms in total. The first kappa shape index (κ1) is 14.3. The van der Waals surface area contributed by atoms with E-state index in [0.29, 0.717) is 24.0 Å². The van der Waals surface area contributed by atoms with Gasteiger partial charge in [-0.05, 0) is 30.5 Å². The maximum atomic E-state index is 11.9. The fourth-order valence-corrected chi connectivity index (χ4v) is 1.96. The normalized spacial score (nSPS) is 13.5. The van der Waals surface area contributed by atoms with Crippen molar-refractivity contribution in [3.63, 3.8) is 0 Å². The molecule has 0 aromatic carbocycles. The highest BCUT2D eigenvalue weighted by Gasteiger charge is 2.23. The van der Waals surface area contributed by atoms with Crippen LogP contribution in [0.4, 0.5) is 5.82 Å². The number of anilines is 1. The summed E-state index contributed by atoms with van der Waals surface area (Å²) in [6.07, 6.45) is 5.50. The van der Waals surface area contributed by atoms with Crippen LogP contribution in [0, 0.1) is 0 Å². The van der Waals surface area contributed by atoms with E-state index < -0.39 is 0 Å². The Kier molecular flexibility index (Phi) is 4.18. The number of methoxy groups -OCH3 is 1. The number of rotatable bonds is 6. The first-order valence-corrected chi connectivity index (χ1v) is 7.24. The number of nitrogens with zero attached hydrogens (tertiary/aromatic N) is 2.